The van der Waals surface area contributed by atoms with Gasteiger partial charge in [0.1, 0.15) is 11.6 Å². The summed E-state index contributed by atoms with van der Waals surface area (Å²) in [4.78, 5) is 35.8. The predicted octanol–water partition coefficient (Wildman–Crippen LogP) is 4.16. The number of hydrogen-bond acceptors (Lipinski definition) is 4. The van der Waals surface area contributed by atoms with Crippen molar-refractivity contribution in [3.8, 4) is 5.75 Å². The van der Waals surface area contributed by atoms with E-state index in [9.17, 15) is 18.8 Å². The Morgan fingerprint density at radius 1 is 0.857 bits per heavy atom. The molecule has 0 unspecified atom stereocenters. The topological polar surface area (TPSA) is 105 Å². The smallest absolute Gasteiger partial charge is 0.306 e. The first-order valence-corrected chi connectivity index (χ1v) is 11.6. The number of nitrogens with one attached hydrogen (secondary N) is 2. The van der Waals surface area contributed by atoms with Crippen LogP contribution in [0.5, 0.6) is 5.75 Å². The first-order valence-electron chi connectivity index (χ1n) is 11.6. The summed E-state index contributed by atoms with van der Waals surface area (Å²) in [5, 5.41) is 16.4. The van der Waals surface area contributed by atoms with Gasteiger partial charge in [0.25, 0.3) is 11.8 Å². The molecule has 1 saturated carbocycles. The van der Waals surface area contributed by atoms with Crippen molar-refractivity contribution < 1.29 is 28.6 Å². The summed E-state index contributed by atoms with van der Waals surface area (Å²) in [5.41, 5.74) is 0.404. The van der Waals surface area contributed by atoms with E-state index in [0.717, 1.165) is 10.8 Å². The number of carboxylic acid groups (broad SMARTS) is 1. The second-order valence-corrected chi connectivity index (χ2v) is 8.65. The van der Waals surface area contributed by atoms with Crippen molar-refractivity contribution in [1.82, 2.24) is 10.6 Å². The molecule has 4 rings (SSSR count). The standard InChI is InChI=1S/C27H27FN2O5/c28-24-16-22(35-21-9-7-18(8-10-21)27(33)34)11-12-23(24)26(32)30-14-13-29-25(31)20-6-5-17-3-1-2-4-19(17)15-20/h1-6,11-12,15-16,18,21H,7-10,13-14H2,(H,29,31)(H,30,32)(H,33,34)/t18-,21+. The highest BCUT2D eigenvalue weighted by Crippen LogP contribution is 2.28. The molecule has 8 heteroatoms. The lowest BCUT2D eigenvalue weighted by atomic mass is 9.87. The van der Waals surface area contributed by atoms with Crippen LogP contribution in [0.25, 0.3) is 10.8 Å². The molecule has 1 fully saturated rings. The van der Waals surface area contributed by atoms with Gasteiger partial charge in [-0.25, -0.2) is 4.39 Å². The van der Waals surface area contributed by atoms with Gasteiger partial charge in [-0.1, -0.05) is 30.3 Å². The minimum Gasteiger partial charge on any atom is -0.490 e. The molecule has 0 saturated heterocycles. The molecular weight excluding hydrogens is 451 g/mol. The van der Waals surface area contributed by atoms with Gasteiger partial charge in [-0.3, -0.25) is 14.4 Å². The molecule has 182 valence electrons. The molecule has 0 aliphatic heterocycles. The molecule has 3 aromatic rings. The third-order valence-electron chi connectivity index (χ3n) is 6.22. The quantitative estimate of drug-likeness (QED) is 0.422. The van der Waals surface area contributed by atoms with Crippen molar-refractivity contribution in [2.24, 2.45) is 5.92 Å². The summed E-state index contributed by atoms with van der Waals surface area (Å²) < 4.78 is 20.3. The lowest BCUT2D eigenvalue weighted by Crippen LogP contribution is -2.35. The van der Waals surface area contributed by atoms with Crippen molar-refractivity contribution >= 4 is 28.6 Å². The number of rotatable bonds is 8. The molecule has 35 heavy (non-hydrogen) atoms. The number of carboxylic acids is 1. The van der Waals surface area contributed by atoms with E-state index in [1.54, 1.807) is 12.1 Å². The van der Waals surface area contributed by atoms with Gasteiger partial charge in [0, 0.05) is 24.7 Å². The summed E-state index contributed by atoms with van der Waals surface area (Å²) in [5.74, 6) is -2.39. The number of amides is 2. The number of carbonyl (C=O) groups is 3. The van der Waals surface area contributed by atoms with Crippen molar-refractivity contribution in [3.63, 3.8) is 0 Å². The lowest BCUT2D eigenvalue weighted by molar-refractivity contribution is -0.143. The van der Waals surface area contributed by atoms with E-state index < -0.39 is 17.7 Å². The molecule has 0 heterocycles. The van der Waals surface area contributed by atoms with Crippen LogP contribution in [0.2, 0.25) is 0 Å². The third kappa shape index (κ3) is 6.15. The van der Waals surface area contributed by atoms with E-state index in [4.69, 9.17) is 9.84 Å². The van der Waals surface area contributed by atoms with Crippen LogP contribution in [-0.2, 0) is 4.79 Å². The van der Waals surface area contributed by atoms with Crippen LogP contribution in [0.15, 0.2) is 60.7 Å². The average molecular weight is 479 g/mol. The number of halogens is 1. The first-order chi connectivity index (χ1) is 16.9. The fourth-order valence-corrected chi connectivity index (χ4v) is 4.25. The van der Waals surface area contributed by atoms with Gasteiger partial charge in [0.05, 0.1) is 17.6 Å². The van der Waals surface area contributed by atoms with Gasteiger partial charge in [0.15, 0.2) is 0 Å². The fourth-order valence-electron chi connectivity index (χ4n) is 4.25. The van der Waals surface area contributed by atoms with E-state index in [2.05, 4.69) is 10.6 Å². The highest BCUT2D eigenvalue weighted by molar-refractivity contribution is 5.98. The van der Waals surface area contributed by atoms with Gasteiger partial charge in [0.2, 0.25) is 0 Å². The van der Waals surface area contributed by atoms with Crippen LogP contribution in [0.3, 0.4) is 0 Å². The molecule has 1 aliphatic carbocycles. The number of ether oxygens (including phenoxy) is 1. The minimum atomic E-state index is -0.793. The van der Waals surface area contributed by atoms with Crippen LogP contribution in [-0.4, -0.2) is 42.1 Å². The van der Waals surface area contributed by atoms with E-state index >= 15 is 0 Å². The summed E-state index contributed by atoms with van der Waals surface area (Å²) in [7, 11) is 0. The Hall–Kier alpha value is -3.94. The number of carbonyl (C=O) groups excluding carboxylic acids is 2. The zero-order chi connectivity index (χ0) is 24.8. The van der Waals surface area contributed by atoms with E-state index in [1.165, 1.54) is 18.2 Å². The second kappa shape index (κ2) is 11.0. The van der Waals surface area contributed by atoms with Gasteiger partial charge in [-0.2, -0.15) is 0 Å². The van der Waals surface area contributed by atoms with Crippen molar-refractivity contribution in [3.05, 3.63) is 77.6 Å². The van der Waals surface area contributed by atoms with Gasteiger partial charge >= 0.3 is 5.97 Å². The van der Waals surface area contributed by atoms with Crippen molar-refractivity contribution in [2.45, 2.75) is 31.8 Å². The minimum absolute atomic E-state index is 0.118. The monoisotopic (exact) mass is 478 g/mol. The zero-order valence-corrected chi connectivity index (χ0v) is 19.1. The number of benzene rings is 3. The highest BCUT2D eigenvalue weighted by Gasteiger charge is 2.27. The maximum absolute atomic E-state index is 14.5. The molecule has 7 nitrogen and oxygen atoms in total. The molecule has 3 N–H and O–H groups in total. The molecule has 0 bridgehead atoms. The van der Waals surface area contributed by atoms with Gasteiger partial charge in [-0.05, 0) is 60.7 Å². The van der Waals surface area contributed by atoms with Crippen LogP contribution in [0.4, 0.5) is 4.39 Å². The summed E-state index contributed by atoms with van der Waals surface area (Å²) in [6.07, 6.45) is 2.06. The molecular formula is C27H27FN2O5. The Morgan fingerprint density at radius 3 is 2.23 bits per heavy atom. The largest absolute Gasteiger partial charge is 0.490 e. The normalized spacial score (nSPS) is 17.5. The van der Waals surface area contributed by atoms with Gasteiger partial charge < -0.3 is 20.5 Å². The van der Waals surface area contributed by atoms with E-state index in [0.29, 0.717) is 37.0 Å². The summed E-state index contributed by atoms with van der Waals surface area (Å²) in [6, 6.07) is 17.2. The lowest BCUT2D eigenvalue weighted by Gasteiger charge is -2.26. The second-order valence-electron chi connectivity index (χ2n) is 8.65. The zero-order valence-electron chi connectivity index (χ0n) is 19.1. The highest BCUT2D eigenvalue weighted by atomic mass is 19.1. The van der Waals surface area contributed by atoms with E-state index in [-0.39, 0.29) is 36.6 Å². The predicted molar refractivity (Wildman–Crippen MR) is 129 cm³/mol. The van der Waals surface area contributed by atoms with Crippen LogP contribution in [0, 0.1) is 11.7 Å². The van der Waals surface area contributed by atoms with Crippen LogP contribution < -0.4 is 15.4 Å². The Labute approximate surface area is 202 Å². The van der Waals surface area contributed by atoms with E-state index in [1.807, 2.05) is 30.3 Å². The number of aliphatic carboxylic acids is 1. The fraction of sp³-hybridized carbons (Fsp3) is 0.296. The third-order valence-corrected chi connectivity index (χ3v) is 6.22. The molecule has 0 radical (unpaired) electrons. The summed E-state index contributed by atoms with van der Waals surface area (Å²) in [6.45, 7) is 0.335. The maximum atomic E-state index is 14.5. The van der Waals surface area contributed by atoms with Crippen molar-refractivity contribution in [1.29, 1.82) is 0 Å². The van der Waals surface area contributed by atoms with Crippen molar-refractivity contribution in [2.75, 3.05) is 13.1 Å². The molecule has 0 atom stereocenters. The Balaban J connectivity index is 1.23. The first kappa shape index (κ1) is 24.2. The Bertz CT molecular complexity index is 1240. The number of hydrogen-bond donors (Lipinski definition) is 3. The molecule has 0 aromatic heterocycles. The number of fused-ring (bicyclic) bond motifs is 1. The van der Waals surface area contributed by atoms with Crippen LogP contribution >= 0.6 is 0 Å². The average Bonchev–Trinajstić information content (AvgIpc) is 2.86. The van der Waals surface area contributed by atoms with Gasteiger partial charge in [-0.15, -0.1) is 0 Å². The molecule has 2 amide bonds. The molecule has 3 aromatic carbocycles. The Morgan fingerprint density at radius 2 is 1.54 bits per heavy atom. The molecule has 0 spiro atoms. The maximum Gasteiger partial charge on any atom is 0.306 e. The van der Waals surface area contributed by atoms with Crippen LogP contribution in [0.1, 0.15) is 46.4 Å². The SMILES string of the molecule is O=C(NCCNC(=O)c1ccc(O[C@H]2CC[C@@H](C(=O)O)CC2)cc1F)c1ccc2ccccc2c1. The Kier molecular flexibility index (Phi) is 7.60. The molecule has 1 aliphatic rings. The summed E-state index contributed by atoms with van der Waals surface area (Å²) >= 11 is 0.